The van der Waals surface area contributed by atoms with Gasteiger partial charge in [-0.2, -0.15) is 0 Å². The number of hydrogen-bond donors (Lipinski definition) is 1. The Morgan fingerprint density at radius 1 is 1.44 bits per heavy atom. The zero-order valence-corrected chi connectivity index (χ0v) is 12.3. The molecule has 100 valence electrons. The van der Waals surface area contributed by atoms with Crippen LogP contribution in [-0.2, 0) is 6.54 Å². The van der Waals surface area contributed by atoms with E-state index >= 15 is 0 Å². The zero-order valence-electron chi connectivity index (χ0n) is 10.7. The number of halogens is 2. The van der Waals surface area contributed by atoms with Gasteiger partial charge in [0.1, 0.15) is 5.82 Å². The summed E-state index contributed by atoms with van der Waals surface area (Å²) >= 11 is 3.33. The van der Waals surface area contributed by atoms with Gasteiger partial charge in [0.15, 0.2) is 0 Å². The van der Waals surface area contributed by atoms with Gasteiger partial charge in [0.25, 0.3) is 0 Å². The van der Waals surface area contributed by atoms with Crippen molar-refractivity contribution in [1.29, 1.82) is 0 Å². The summed E-state index contributed by atoms with van der Waals surface area (Å²) in [6, 6.07) is 5.41. The molecule has 0 aromatic heterocycles. The molecule has 0 bridgehead atoms. The second kappa shape index (κ2) is 6.13. The Bertz CT molecular complexity index is 391. The highest BCUT2D eigenvalue weighted by molar-refractivity contribution is 9.10. The first-order valence-electron chi connectivity index (χ1n) is 6.51. The van der Waals surface area contributed by atoms with Crippen molar-refractivity contribution >= 4 is 15.9 Å². The molecule has 18 heavy (non-hydrogen) atoms. The highest BCUT2D eigenvalue weighted by Gasteiger charge is 2.25. The van der Waals surface area contributed by atoms with Gasteiger partial charge in [0.2, 0.25) is 0 Å². The molecule has 1 heterocycles. The molecule has 2 unspecified atom stereocenters. The number of piperidine rings is 1. The Hall–Kier alpha value is -0.450. The molecule has 2 rings (SSSR count). The molecular weight excluding hydrogens is 295 g/mol. The summed E-state index contributed by atoms with van der Waals surface area (Å²) in [6.07, 6.45) is 2.15. The van der Waals surface area contributed by atoms with E-state index in [9.17, 15) is 4.39 Å². The summed E-state index contributed by atoms with van der Waals surface area (Å²) in [5.74, 6) is 0.385. The van der Waals surface area contributed by atoms with Crippen molar-refractivity contribution < 1.29 is 4.39 Å². The quantitative estimate of drug-likeness (QED) is 0.928. The molecule has 0 amide bonds. The third kappa shape index (κ3) is 3.53. The smallest absolute Gasteiger partial charge is 0.124 e. The van der Waals surface area contributed by atoms with Crippen LogP contribution >= 0.6 is 15.9 Å². The maximum atomic E-state index is 13.3. The lowest BCUT2D eigenvalue weighted by Gasteiger charge is -2.36. The minimum absolute atomic E-state index is 0.180. The van der Waals surface area contributed by atoms with Gasteiger partial charge in [-0.1, -0.05) is 29.3 Å². The maximum Gasteiger partial charge on any atom is 0.124 e. The van der Waals surface area contributed by atoms with Crippen molar-refractivity contribution in [3.05, 3.63) is 34.1 Å². The van der Waals surface area contributed by atoms with Crippen LogP contribution in [0.5, 0.6) is 0 Å². The molecule has 2 N–H and O–H groups in total. The van der Waals surface area contributed by atoms with Crippen LogP contribution in [0.15, 0.2) is 22.7 Å². The number of nitrogens with zero attached hydrogens (tertiary/aromatic N) is 1. The summed E-state index contributed by atoms with van der Waals surface area (Å²) in [4.78, 5) is 2.37. The molecular formula is C14H20BrFN2. The van der Waals surface area contributed by atoms with Gasteiger partial charge in [0, 0.05) is 23.6 Å². The van der Waals surface area contributed by atoms with Gasteiger partial charge < -0.3 is 5.73 Å². The average Bonchev–Trinajstić information content (AvgIpc) is 2.30. The minimum atomic E-state index is -0.180. The monoisotopic (exact) mass is 314 g/mol. The third-order valence-corrected chi connectivity index (χ3v) is 4.19. The lowest BCUT2D eigenvalue weighted by Crippen LogP contribution is -2.46. The van der Waals surface area contributed by atoms with E-state index in [0.717, 1.165) is 42.5 Å². The predicted octanol–water partition coefficient (Wildman–Crippen LogP) is 3.15. The molecule has 1 aromatic rings. The number of hydrogen-bond acceptors (Lipinski definition) is 2. The van der Waals surface area contributed by atoms with Crippen LogP contribution in [0.1, 0.15) is 25.3 Å². The van der Waals surface area contributed by atoms with E-state index in [2.05, 4.69) is 27.8 Å². The van der Waals surface area contributed by atoms with Crippen molar-refractivity contribution in [1.82, 2.24) is 4.90 Å². The first kappa shape index (κ1) is 14.0. The zero-order chi connectivity index (χ0) is 13.1. The summed E-state index contributed by atoms with van der Waals surface area (Å²) in [5.41, 5.74) is 7.12. The van der Waals surface area contributed by atoms with Crippen molar-refractivity contribution in [3.63, 3.8) is 0 Å². The van der Waals surface area contributed by atoms with Crippen LogP contribution in [0.4, 0.5) is 4.39 Å². The van der Waals surface area contributed by atoms with Crippen LogP contribution in [0.25, 0.3) is 0 Å². The maximum absolute atomic E-state index is 13.3. The van der Waals surface area contributed by atoms with Gasteiger partial charge >= 0.3 is 0 Å². The lowest BCUT2D eigenvalue weighted by atomic mass is 9.90. The van der Waals surface area contributed by atoms with E-state index in [0.29, 0.717) is 12.0 Å². The Morgan fingerprint density at radius 3 is 2.89 bits per heavy atom. The fraction of sp³-hybridized carbons (Fsp3) is 0.571. The number of rotatable bonds is 3. The molecule has 4 heteroatoms. The number of likely N-dealkylation sites (tertiary alicyclic amines) is 1. The van der Waals surface area contributed by atoms with Crippen LogP contribution in [-0.4, -0.2) is 24.0 Å². The summed E-state index contributed by atoms with van der Waals surface area (Å²) in [6.45, 7) is 5.02. The van der Waals surface area contributed by atoms with E-state index in [-0.39, 0.29) is 5.82 Å². The van der Waals surface area contributed by atoms with Crippen molar-refractivity contribution in [2.45, 2.75) is 32.4 Å². The molecule has 2 atom stereocenters. The normalized spacial score (nSPS) is 25.3. The Kier molecular flexibility index (Phi) is 4.76. The lowest BCUT2D eigenvalue weighted by molar-refractivity contribution is 0.145. The fourth-order valence-corrected chi connectivity index (χ4v) is 3.17. The molecule has 1 aliphatic rings. The topological polar surface area (TPSA) is 29.3 Å². The van der Waals surface area contributed by atoms with Crippen LogP contribution in [0.2, 0.25) is 0 Å². The van der Waals surface area contributed by atoms with Crippen LogP contribution in [0, 0.1) is 11.7 Å². The molecule has 1 fully saturated rings. The summed E-state index contributed by atoms with van der Waals surface area (Å²) in [5, 5.41) is 0. The Labute approximate surface area is 116 Å². The second-order valence-electron chi connectivity index (χ2n) is 5.13. The van der Waals surface area contributed by atoms with Gasteiger partial charge in [-0.25, -0.2) is 4.39 Å². The van der Waals surface area contributed by atoms with Gasteiger partial charge in [-0.05, 0) is 42.6 Å². The molecule has 2 nitrogen and oxygen atoms in total. The minimum Gasteiger partial charge on any atom is -0.327 e. The van der Waals surface area contributed by atoms with Crippen molar-refractivity contribution in [3.8, 4) is 0 Å². The van der Waals surface area contributed by atoms with E-state index in [1.54, 1.807) is 6.07 Å². The van der Waals surface area contributed by atoms with Crippen molar-refractivity contribution in [2.75, 3.05) is 13.1 Å². The Balaban J connectivity index is 2.01. The third-order valence-electron chi connectivity index (χ3n) is 3.73. The van der Waals surface area contributed by atoms with Crippen LogP contribution in [0.3, 0.4) is 0 Å². The van der Waals surface area contributed by atoms with E-state index < -0.39 is 0 Å². The summed E-state index contributed by atoms with van der Waals surface area (Å²) < 4.78 is 14.1. The average molecular weight is 315 g/mol. The largest absolute Gasteiger partial charge is 0.327 e. The predicted molar refractivity (Wildman–Crippen MR) is 75.8 cm³/mol. The van der Waals surface area contributed by atoms with Gasteiger partial charge in [-0.3, -0.25) is 4.90 Å². The molecule has 1 saturated heterocycles. The molecule has 1 aromatic carbocycles. The fourth-order valence-electron chi connectivity index (χ4n) is 2.66. The first-order valence-corrected chi connectivity index (χ1v) is 7.30. The molecule has 0 saturated carbocycles. The van der Waals surface area contributed by atoms with Gasteiger partial charge in [0.05, 0.1) is 0 Å². The first-order chi connectivity index (χ1) is 8.58. The van der Waals surface area contributed by atoms with E-state index in [4.69, 9.17) is 5.73 Å². The van der Waals surface area contributed by atoms with E-state index in [1.165, 1.54) is 6.07 Å². The number of benzene rings is 1. The molecule has 0 aliphatic carbocycles. The van der Waals surface area contributed by atoms with Crippen molar-refractivity contribution in [2.24, 2.45) is 11.7 Å². The highest BCUT2D eigenvalue weighted by atomic mass is 79.9. The standard InChI is InChI=1S/C14H20BrFN2/c1-2-11-9-18(4-3-14(11)17)8-10-5-12(15)7-13(16)6-10/h5-7,11,14H,2-4,8-9,17H2,1H3. The molecule has 1 aliphatic heterocycles. The SMILES string of the molecule is CCC1CN(Cc2cc(F)cc(Br)c2)CCC1N. The second-order valence-corrected chi connectivity index (χ2v) is 6.05. The van der Waals surface area contributed by atoms with Gasteiger partial charge in [-0.15, -0.1) is 0 Å². The molecule has 0 radical (unpaired) electrons. The summed E-state index contributed by atoms with van der Waals surface area (Å²) in [7, 11) is 0. The number of nitrogens with two attached hydrogens (primary N) is 1. The van der Waals surface area contributed by atoms with Crippen LogP contribution < -0.4 is 5.73 Å². The molecule has 0 spiro atoms. The highest BCUT2D eigenvalue weighted by Crippen LogP contribution is 2.22. The Morgan fingerprint density at radius 2 is 2.22 bits per heavy atom. The van der Waals surface area contributed by atoms with E-state index in [1.807, 2.05) is 6.07 Å².